The minimum absolute atomic E-state index is 0.303. The molecular weight excluding hydrogens is 248 g/mol. The van der Waals surface area contributed by atoms with Crippen molar-refractivity contribution in [2.24, 2.45) is 7.05 Å². The van der Waals surface area contributed by atoms with Gasteiger partial charge in [0.05, 0.1) is 10.2 Å². The summed E-state index contributed by atoms with van der Waals surface area (Å²) in [5.74, 6) is 0.963. The van der Waals surface area contributed by atoms with Gasteiger partial charge in [-0.15, -0.1) is 11.8 Å². The van der Waals surface area contributed by atoms with Gasteiger partial charge in [0.2, 0.25) is 0 Å². The van der Waals surface area contributed by atoms with Crippen molar-refractivity contribution in [2.45, 2.75) is 31.3 Å². The van der Waals surface area contributed by atoms with Gasteiger partial charge in [-0.2, -0.15) is 5.10 Å². The maximum absolute atomic E-state index is 4.36. The number of nitrogens with zero attached hydrogens (tertiary/aromatic N) is 2. The lowest BCUT2D eigenvalue weighted by Gasteiger charge is -2.16. The molecule has 4 heteroatoms. The van der Waals surface area contributed by atoms with Gasteiger partial charge in [0.15, 0.2) is 0 Å². The average molecular weight is 263 g/mol. The SMILES string of the molecule is Cn1cc(Br)c(CSC(C)(C)C)n1. The van der Waals surface area contributed by atoms with E-state index in [9.17, 15) is 0 Å². The summed E-state index contributed by atoms with van der Waals surface area (Å²) >= 11 is 5.40. The van der Waals surface area contributed by atoms with Gasteiger partial charge in [-0.25, -0.2) is 0 Å². The van der Waals surface area contributed by atoms with Gasteiger partial charge >= 0.3 is 0 Å². The summed E-state index contributed by atoms with van der Waals surface area (Å²) in [6.07, 6.45) is 1.98. The molecule has 0 bridgehead atoms. The molecule has 0 saturated carbocycles. The van der Waals surface area contributed by atoms with Crippen LogP contribution in [0.4, 0.5) is 0 Å². The highest BCUT2D eigenvalue weighted by Gasteiger charge is 2.13. The van der Waals surface area contributed by atoms with E-state index < -0.39 is 0 Å². The fourth-order valence-electron chi connectivity index (χ4n) is 0.888. The number of thioether (sulfide) groups is 1. The Morgan fingerprint density at radius 2 is 2.15 bits per heavy atom. The van der Waals surface area contributed by atoms with E-state index in [2.05, 4.69) is 41.8 Å². The van der Waals surface area contributed by atoms with Crippen LogP contribution in [0.5, 0.6) is 0 Å². The molecule has 0 spiro atoms. The van der Waals surface area contributed by atoms with Gasteiger partial charge in [0.25, 0.3) is 0 Å². The molecule has 0 aliphatic rings. The van der Waals surface area contributed by atoms with Crippen LogP contribution in [0.15, 0.2) is 10.7 Å². The number of aromatic nitrogens is 2. The Balaban J connectivity index is 2.59. The number of aryl methyl sites for hydroxylation is 1. The zero-order chi connectivity index (χ0) is 10.1. The van der Waals surface area contributed by atoms with Crippen LogP contribution in [0.1, 0.15) is 26.5 Å². The first-order valence-electron chi connectivity index (χ1n) is 4.20. The molecule has 0 radical (unpaired) electrons. The molecule has 0 aliphatic heterocycles. The van der Waals surface area contributed by atoms with Crippen molar-refractivity contribution in [3.63, 3.8) is 0 Å². The molecule has 0 aromatic carbocycles. The molecule has 0 unspecified atom stereocenters. The zero-order valence-electron chi connectivity index (χ0n) is 8.47. The summed E-state index contributed by atoms with van der Waals surface area (Å²) in [6, 6.07) is 0. The first kappa shape index (κ1) is 11.1. The first-order chi connectivity index (χ1) is 5.88. The van der Waals surface area contributed by atoms with E-state index in [0.29, 0.717) is 4.75 Å². The van der Waals surface area contributed by atoms with Gasteiger partial charge in [0.1, 0.15) is 0 Å². The van der Waals surface area contributed by atoms with Crippen LogP contribution >= 0.6 is 27.7 Å². The Morgan fingerprint density at radius 1 is 1.54 bits per heavy atom. The van der Waals surface area contributed by atoms with Crippen molar-refractivity contribution in [3.8, 4) is 0 Å². The third-order valence-electron chi connectivity index (χ3n) is 1.50. The normalized spacial score (nSPS) is 12.1. The summed E-state index contributed by atoms with van der Waals surface area (Å²) in [7, 11) is 1.94. The van der Waals surface area contributed by atoms with Gasteiger partial charge in [0, 0.05) is 23.7 Å². The molecule has 1 rings (SSSR count). The molecule has 0 N–H and O–H groups in total. The fourth-order valence-corrected chi connectivity index (χ4v) is 2.37. The molecule has 13 heavy (non-hydrogen) atoms. The number of halogens is 1. The minimum atomic E-state index is 0.303. The molecule has 0 aliphatic carbocycles. The molecule has 1 aromatic rings. The predicted octanol–water partition coefficient (Wildman–Crippen LogP) is 3.21. The summed E-state index contributed by atoms with van der Waals surface area (Å²) in [5.41, 5.74) is 1.13. The lowest BCUT2D eigenvalue weighted by atomic mass is 10.3. The van der Waals surface area contributed by atoms with E-state index in [0.717, 1.165) is 15.9 Å². The van der Waals surface area contributed by atoms with E-state index in [1.165, 1.54) is 0 Å². The Kier molecular flexibility index (Phi) is 3.46. The Bertz CT molecular complexity index is 288. The van der Waals surface area contributed by atoms with Crippen LogP contribution < -0.4 is 0 Å². The van der Waals surface area contributed by atoms with Crippen LogP contribution in [0, 0.1) is 0 Å². The quantitative estimate of drug-likeness (QED) is 0.815. The minimum Gasteiger partial charge on any atom is -0.274 e. The van der Waals surface area contributed by atoms with E-state index in [4.69, 9.17) is 0 Å². The molecule has 0 saturated heterocycles. The summed E-state index contributed by atoms with van der Waals surface area (Å²) < 4.78 is 3.24. The third-order valence-corrected chi connectivity index (χ3v) is 3.44. The molecule has 0 atom stereocenters. The standard InChI is InChI=1S/C9H15BrN2S/c1-9(2,3)13-6-8-7(10)5-12(4)11-8/h5H,6H2,1-4H3. The van der Waals surface area contributed by atoms with E-state index >= 15 is 0 Å². The molecule has 0 fully saturated rings. The maximum atomic E-state index is 4.36. The highest BCUT2D eigenvalue weighted by Crippen LogP contribution is 2.29. The van der Waals surface area contributed by atoms with Crippen molar-refractivity contribution in [1.29, 1.82) is 0 Å². The van der Waals surface area contributed by atoms with Crippen molar-refractivity contribution in [2.75, 3.05) is 0 Å². The second kappa shape index (κ2) is 4.05. The number of rotatable bonds is 2. The van der Waals surface area contributed by atoms with Crippen molar-refractivity contribution in [3.05, 3.63) is 16.4 Å². The van der Waals surface area contributed by atoms with Crippen molar-refractivity contribution >= 4 is 27.7 Å². The molecule has 0 amide bonds. The second-order valence-corrected chi connectivity index (χ2v) is 6.65. The molecule has 74 valence electrons. The largest absolute Gasteiger partial charge is 0.274 e. The average Bonchev–Trinajstić information content (AvgIpc) is 2.24. The highest BCUT2D eigenvalue weighted by atomic mass is 79.9. The Labute approximate surface area is 92.2 Å². The second-order valence-electron chi connectivity index (χ2n) is 4.00. The lowest BCUT2D eigenvalue weighted by Crippen LogP contribution is -2.07. The molecule has 2 nitrogen and oxygen atoms in total. The van der Waals surface area contributed by atoms with Gasteiger partial charge in [-0.3, -0.25) is 4.68 Å². The van der Waals surface area contributed by atoms with Crippen LogP contribution in [0.3, 0.4) is 0 Å². The first-order valence-corrected chi connectivity index (χ1v) is 5.98. The van der Waals surface area contributed by atoms with Gasteiger partial charge in [-0.1, -0.05) is 20.8 Å². The molecule has 1 aromatic heterocycles. The van der Waals surface area contributed by atoms with Crippen LogP contribution in [-0.4, -0.2) is 14.5 Å². The van der Waals surface area contributed by atoms with Crippen LogP contribution in [0.25, 0.3) is 0 Å². The molecular formula is C9H15BrN2S. The fraction of sp³-hybridized carbons (Fsp3) is 0.667. The third kappa shape index (κ3) is 3.73. The Morgan fingerprint density at radius 3 is 2.54 bits per heavy atom. The lowest BCUT2D eigenvalue weighted by molar-refractivity contribution is 0.752. The van der Waals surface area contributed by atoms with Crippen molar-refractivity contribution in [1.82, 2.24) is 9.78 Å². The van der Waals surface area contributed by atoms with Crippen LogP contribution in [0.2, 0.25) is 0 Å². The number of hydrogen-bond acceptors (Lipinski definition) is 2. The Hall–Kier alpha value is 0.0400. The topological polar surface area (TPSA) is 17.8 Å². The smallest absolute Gasteiger partial charge is 0.0865 e. The zero-order valence-corrected chi connectivity index (χ0v) is 10.9. The van der Waals surface area contributed by atoms with Crippen molar-refractivity contribution < 1.29 is 0 Å². The summed E-state index contributed by atoms with van der Waals surface area (Å²) in [4.78, 5) is 0. The summed E-state index contributed by atoms with van der Waals surface area (Å²) in [6.45, 7) is 6.65. The highest BCUT2D eigenvalue weighted by molar-refractivity contribution is 9.10. The van der Waals surface area contributed by atoms with E-state index in [1.54, 1.807) is 0 Å². The maximum Gasteiger partial charge on any atom is 0.0865 e. The van der Waals surface area contributed by atoms with E-state index in [-0.39, 0.29) is 0 Å². The van der Waals surface area contributed by atoms with E-state index in [1.807, 2.05) is 29.7 Å². The van der Waals surface area contributed by atoms with Crippen LogP contribution in [-0.2, 0) is 12.8 Å². The predicted molar refractivity (Wildman–Crippen MR) is 62.0 cm³/mol. The number of hydrogen-bond donors (Lipinski definition) is 0. The summed E-state index contributed by atoms with van der Waals surface area (Å²) in [5, 5.41) is 4.36. The van der Waals surface area contributed by atoms with Gasteiger partial charge in [-0.05, 0) is 15.9 Å². The van der Waals surface area contributed by atoms with Gasteiger partial charge < -0.3 is 0 Å². The molecule has 1 heterocycles. The monoisotopic (exact) mass is 262 g/mol.